The molecule has 1 aliphatic rings. The quantitative estimate of drug-likeness (QED) is 0.308. The second-order valence-corrected chi connectivity index (χ2v) is 5.80. The maximum Gasteiger partial charge on any atom is 2.00 e. The van der Waals surface area contributed by atoms with Crippen LogP contribution >= 0.6 is 0 Å². The summed E-state index contributed by atoms with van der Waals surface area (Å²) in [6.07, 6.45) is 1.06. The topological polar surface area (TPSA) is 0 Å². The van der Waals surface area contributed by atoms with Gasteiger partial charge in [-0.2, -0.15) is 30.3 Å². The summed E-state index contributed by atoms with van der Waals surface area (Å²) in [7, 11) is 0. The molecule has 0 fully saturated rings. The van der Waals surface area contributed by atoms with Crippen molar-refractivity contribution in [2.75, 3.05) is 0 Å². The van der Waals surface area contributed by atoms with Crippen LogP contribution in [0.25, 0.3) is 22.3 Å². The predicted molar refractivity (Wildman–Crippen MR) is 97.7 cm³/mol. The third-order valence-electron chi connectivity index (χ3n) is 4.38. The summed E-state index contributed by atoms with van der Waals surface area (Å²) in [5.41, 5.74) is 8.45. The van der Waals surface area contributed by atoms with Crippen LogP contribution in [0.1, 0.15) is 11.1 Å². The molecule has 24 heavy (non-hydrogen) atoms. The summed E-state index contributed by atoms with van der Waals surface area (Å²) < 4.78 is 0. The Bertz CT molecular complexity index is 866. The molecule has 4 aromatic carbocycles. The first-order valence-corrected chi connectivity index (χ1v) is 8.02. The van der Waals surface area contributed by atoms with Crippen molar-refractivity contribution in [1.82, 2.24) is 0 Å². The van der Waals surface area contributed by atoms with Crippen molar-refractivity contribution in [3.63, 3.8) is 0 Å². The molecule has 0 amide bonds. The smallest absolute Gasteiger partial charge is 0.214 e. The van der Waals surface area contributed by atoms with Crippen molar-refractivity contribution in [2.24, 2.45) is 0 Å². The molecule has 4 aromatic rings. The zero-order valence-electron chi connectivity index (χ0n) is 13.4. The number of fused-ring (bicyclic) bond motifs is 3. The maximum atomic E-state index is 2.24. The van der Waals surface area contributed by atoms with Gasteiger partial charge in [-0.3, -0.25) is 0 Å². The second-order valence-electron chi connectivity index (χ2n) is 5.80. The largest absolute Gasteiger partial charge is 2.00 e. The van der Waals surface area contributed by atoms with Gasteiger partial charge in [-0.15, -0.1) is 23.8 Å². The van der Waals surface area contributed by atoms with E-state index in [1.165, 1.54) is 33.4 Å². The van der Waals surface area contributed by atoms with Crippen molar-refractivity contribution >= 4 is 0 Å². The molecule has 0 unspecified atom stereocenters. The van der Waals surface area contributed by atoms with E-state index in [-0.39, 0.29) is 26.2 Å². The van der Waals surface area contributed by atoms with E-state index in [9.17, 15) is 0 Å². The van der Waals surface area contributed by atoms with Gasteiger partial charge in [0.15, 0.2) is 0 Å². The number of hydrogen-bond acceptors (Lipinski definition) is 0. The van der Waals surface area contributed by atoms with E-state index in [0.717, 1.165) is 6.42 Å². The van der Waals surface area contributed by atoms with E-state index < -0.39 is 0 Å². The summed E-state index contributed by atoms with van der Waals surface area (Å²) in [6, 6.07) is 34.0. The van der Waals surface area contributed by atoms with Crippen molar-refractivity contribution in [2.45, 2.75) is 6.42 Å². The Balaban J connectivity index is 0.000000245. The van der Waals surface area contributed by atoms with E-state index in [2.05, 4.69) is 66.7 Å². The Morgan fingerprint density at radius 3 is 2.12 bits per heavy atom. The van der Waals surface area contributed by atoms with Crippen molar-refractivity contribution in [1.29, 1.82) is 0 Å². The minimum atomic E-state index is 0. The van der Waals surface area contributed by atoms with Crippen molar-refractivity contribution < 1.29 is 26.2 Å². The molecule has 0 spiro atoms. The van der Waals surface area contributed by atoms with Gasteiger partial charge in [0.2, 0.25) is 0 Å². The molecule has 0 heterocycles. The van der Waals surface area contributed by atoms with Crippen LogP contribution < -0.4 is 0 Å². The van der Waals surface area contributed by atoms with Gasteiger partial charge in [-0.25, -0.2) is 12.1 Å². The molecule has 1 heteroatoms. The van der Waals surface area contributed by atoms with Crippen molar-refractivity contribution in [3.8, 4) is 22.3 Å². The van der Waals surface area contributed by atoms with Gasteiger partial charge < -0.3 is 0 Å². The minimum absolute atomic E-state index is 0. The molecule has 114 valence electrons. The Kier molecular flexibility index (Phi) is 5.43. The minimum Gasteiger partial charge on any atom is -0.214 e. The van der Waals surface area contributed by atoms with E-state index in [4.69, 9.17) is 0 Å². The van der Waals surface area contributed by atoms with E-state index >= 15 is 0 Å². The first-order chi connectivity index (χ1) is 11.4. The van der Waals surface area contributed by atoms with Crippen molar-refractivity contribution in [3.05, 3.63) is 108 Å². The van der Waals surface area contributed by atoms with Crippen LogP contribution in [0.5, 0.6) is 0 Å². The van der Waals surface area contributed by atoms with E-state index in [1.54, 1.807) is 0 Å². The van der Waals surface area contributed by atoms with Gasteiger partial charge in [0.1, 0.15) is 0 Å². The maximum absolute atomic E-state index is 2.24. The summed E-state index contributed by atoms with van der Waals surface area (Å²) >= 11 is 0. The normalized spacial score (nSPS) is 10.8. The van der Waals surface area contributed by atoms with Crippen LogP contribution in [-0.2, 0) is 32.6 Å². The third-order valence-corrected chi connectivity index (χ3v) is 4.38. The number of benzene rings is 2. The van der Waals surface area contributed by atoms with Crippen LogP contribution in [0.3, 0.4) is 0 Å². The summed E-state index contributed by atoms with van der Waals surface area (Å²) in [5.74, 6) is 0. The Hall–Kier alpha value is -1.98. The van der Waals surface area contributed by atoms with Crippen LogP contribution in [0.15, 0.2) is 97.1 Å². The molecule has 0 aromatic heterocycles. The molecule has 0 nitrogen and oxygen atoms in total. The first kappa shape index (κ1) is 16.9. The fourth-order valence-electron chi connectivity index (χ4n) is 3.30. The van der Waals surface area contributed by atoms with E-state index in [0.29, 0.717) is 0 Å². The van der Waals surface area contributed by atoms with Crippen LogP contribution in [0, 0.1) is 0 Å². The van der Waals surface area contributed by atoms with Gasteiger partial charge >= 0.3 is 26.2 Å². The Morgan fingerprint density at radius 2 is 1.42 bits per heavy atom. The van der Waals surface area contributed by atoms with Gasteiger partial charge in [-0.05, 0) is 23.1 Å². The van der Waals surface area contributed by atoms with Gasteiger partial charge in [0.05, 0.1) is 0 Å². The number of hydrogen-bond donors (Lipinski definition) is 0. The molecule has 0 radical (unpaired) electrons. The Labute approximate surface area is 162 Å². The molecule has 5 rings (SSSR count). The fourth-order valence-corrected chi connectivity index (χ4v) is 3.30. The molecule has 0 aliphatic heterocycles. The van der Waals surface area contributed by atoms with Crippen LogP contribution in [0.2, 0.25) is 0 Å². The zero-order valence-corrected chi connectivity index (χ0v) is 15.9. The van der Waals surface area contributed by atoms with E-state index in [1.807, 2.05) is 30.3 Å². The standard InChI is InChI=1S/C18H13.C5H5.Zr/c1-2-7-13(6-1)15-10-5-11-17-16-9-4-3-8-14(16)12-18(15)17;1-2-4-5-3-1;/h1-11H,12H2;1-5H;/q2*-1;+2. The summed E-state index contributed by atoms with van der Waals surface area (Å²) in [6.45, 7) is 0. The average Bonchev–Trinajstić information content (AvgIpc) is 3.35. The predicted octanol–water partition coefficient (Wildman–Crippen LogP) is 6.05. The third kappa shape index (κ3) is 3.28. The van der Waals surface area contributed by atoms with Crippen LogP contribution in [-0.4, -0.2) is 0 Å². The van der Waals surface area contributed by atoms with Gasteiger partial charge in [0, 0.05) is 0 Å². The molecule has 1 aliphatic carbocycles. The first-order valence-electron chi connectivity index (χ1n) is 8.02. The molecule has 0 bridgehead atoms. The molecule has 0 N–H and O–H groups in total. The zero-order chi connectivity index (χ0) is 15.5. The molecule has 0 saturated heterocycles. The summed E-state index contributed by atoms with van der Waals surface area (Å²) in [5, 5.41) is 0. The van der Waals surface area contributed by atoms with Crippen LogP contribution in [0.4, 0.5) is 0 Å². The number of rotatable bonds is 1. The van der Waals surface area contributed by atoms with Gasteiger partial charge in [0.25, 0.3) is 0 Å². The second kappa shape index (κ2) is 7.73. The summed E-state index contributed by atoms with van der Waals surface area (Å²) in [4.78, 5) is 0. The SMILES string of the molecule is [Zr+2].c1cc[cH-]c1.c1ccc2c(c1)Cc1c-2cccc1-[c-]1cccc1. The monoisotopic (exact) mass is 384 g/mol. The Morgan fingerprint density at radius 1 is 0.708 bits per heavy atom. The average molecular weight is 386 g/mol. The van der Waals surface area contributed by atoms with Gasteiger partial charge in [-0.1, -0.05) is 47.5 Å². The molecular formula is C23H18Zr. The fraction of sp³-hybridized carbons (Fsp3) is 0.0435. The molecule has 0 saturated carbocycles. The molecular weight excluding hydrogens is 367 g/mol. The molecule has 0 atom stereocenters.